The molecule has 2 N–H and O–H groups in total. The summed E-state index contributed by atoms with van der Waals surface area (Å²) in [6.45, 7) is 0.121. The Morgan fingerprint density at radius 3 is 2.41 bits per heavy atom. The van der Waals surface area contributed by atoms with Gasteiger partial charge in [-0.2, -0.15) is 0 Å². The predicted molar refractivity (Wildman–Crippen MR) is 125 cm³/mol. The van der Waals surface area contributed by atoms with Crippen molar-refractivity contribution in [3.63, 3.8) is 0 Å². The van der Waals surface area contributed by atoms with E-state index >= 15 is 0 Å². The number of benzene rings is 3. The molecule has 1 heterocycles. The van der Waals surface area contributed by atoms with Gasteiger partial charge >= 0.3 is 0 Å². The molecule has 0 fully saturated rings. The van der Waals surface area contributed by atoms with E-state index in [9.17, 15) is 9.59 Å². The molecule has 3 aromatic rings. The van der Waals surface area contributed by atoms with Gasteiger partial charge in [0.1, 0.15) is 5.70 Å². The lowest BCUT2D eigenvalue weighted by molar-refractivity contribution is -0.113. The Kier molecular flexibility index (Phi) is 6.55. The number of nitrogens with one attached hydrogen (secondary N) is 2. The summed E-state index contributed by atoms with van der Waals surface area (Å²) >= 11 is 18.1. The molecule has 0 aliphatic carbocycles. The minimum absolute atomic E-state index is 0.0140. The zero-order chi connectivity index (χ0) is 22.7. The van der Waals surface area contributed by atoms with Crippen molar-refractivity contribution in [2.45, 2.75) is 0 Å². The normalized spacial score (nSPS) is 12.4. The van der Waals surface area contributed by atoms with Gasteiger partial charge in [0, 0.05) is 5.69 Å². The Bertz CT molecular complexity index is 1240. The van der Waals surface area contributed by atoms with Gasteiger partial charge in [-0.3, -0.25) is 9.59 Å². The smallest absolute Gasteiger partial charge is 0.272 e. The second kappa shape index (κ2) is 9.53. The van der Waals surface area contributed by atoms with E-state index in [1.165, 1.54) is 12.1 Å². The summed E-state index contributed by atoms with van der Waals surface area (Å²) in [6, 6.07) is 16.4. The van der Waals surface area contributed by atoms with Crippen molar-refractivity contribution < 1.29 is 19.1 Å². The number of rotatable bonds is 5. The van der Waals surface area contributed by atoms with Crippen molar-refractivity contribution in [2.24, 2.45) is 0 Å². The predicted octanol–water partition coefficient (Wildman–Crippen LogP) is 5.79. The van der Waals surface area contributed by atoms with Crippen LogP contribution in [-0.2, 0) is 4.79 Å². The van der Waals surface area contributed by atoms with Gasteiger partial charge < -0.3 is 20.1 Å². The third-order valence-electron chi connectivity index (χ3n) is 4.50. The summed E-state index contributed by atoms with van der Waals surface area (Å²) in [4.78, 5) is 25.8. The average molecular weight is 490 g/mol. The summed E-state index contributed by atoms with van der Waals surface area (Å²) < 4.78 is 10.7. The Morgan fingerprint density at radius 2 is 1.62 bits per heavy atom. The number of ether oxygens (including phenoxy) is 2. The van der Waals surface area contributed by atoms with Crippen LogP contribution in [0.15, 0.2) is 66.4 Å². The highest BCUT2D eigenvalue weighted by Crippen LogP contribution is 2.33. The summed E-state index contributed by atoms with van der Waals surface area (Å²) in [5.74, 6) is 0.0397. The molecule has 3 aromatic carbocycles. The third-order valence-corrected chi connectivity index (χ3v) is 5.57. The summed E-state index contributed by atoms with van der Waals surface area (Å²) in [7, 11) is 0. The number of carbonyl (C=O) groups is 2. The minimum atomic E-state index is -0.568. The molecule has 0 radical (unpaired) electrons. The van der Waals surface area contributed by atoms with Gasteiger partial charge in [-0.1, -0.05) is 53.0 Å². The zero-order valence-corrected chi connectivity index (χ0v) is 18.6. The van der Waals surface area contributed by atoms with Gasteiger partial charge in [0.15, 0.2) is 11.5 Å². The van der Waals surface area contributed by atoms with Crippen molar-refractivity contribution in [2.75, 3.05) is 12.1 Å². The van der Waals surface area contributed by atoms with Crippen molar-refractivity contribution >= 4 is 58.4 Å². The molecular formula is C23H15Cl3N2O4. The molecule has 0 atom stereocenters. The van der Waals surface area contributed by atoms with Gasteiger partial charge in [-0.15, -0.1) is 0 Å². The molecule has 0 aromatic heterocycles. The van der Waals surface area contributed by atoms with Crippen LogP contribution in [0.1, 0.15) is 15.9 Å². The lowest BCUT2D eigenvalue weighted by Crippen LogP contribution is -2.31. The maximum absolute atomic E-state index is 13.0. The number of carbonyl (C=O) groups excluding carboxylic acids is 2. The lowest BCUT2D eigenvalue weighted by atomic mass is 10.1. The molecular weight excluding hydrogens is 475 g/mol. The zero-order valence-electron chi connectivity index (χ0n) is 16.3. The topological polar surface area (TPSA) is 76.7 Å². The molecule has 4 rings (SSSR count). The van der Waals surface area contributed by atoms with Gasteiger partial charge in [0.2, 0.25) is 6.79 Å². The molecule has 0 unspecified atom stereocenters. The van der Waals surface area contributed by atoms with Crippen molar-refractivity contribution in [1.82, 2.24) is 5.32 Å². The Hall–Kier alpha value is -3.19. The van der Waals surface area contributed by atoms with E-state index in [1.54, 1.807) is 54.6 Å². The molecule has 0 bridgehead atoms. The molecule has 9 heteroatoms. The van der Waals surface area contributed by atoms with Crippen molar-refractivity contribution in [3.8, 4) is 11.5 Å². The van der Waals surface area contributed by atoms with Gasteiger partial charge in [-0.25, -0.2) is 0 Å². The molecule has 32 heavy (non-hydrogen) atoms. The van der Waals surface area contributed by atoms with Crippen LogP contribution in [0, 0.1) is 0 Å². The molecule has 0 saturated carbocycles. The lowest BCUT2D eigenvalue weighted by Gasteiger charge is -2.12. The first-order valence-corrected chi connectivity index (χ1v) is 10.5. The van der Waals surface area contributed by atoms with Crippen molar-refractivity contribution in [3.05, 3.63) is 92.6 Å². The minimum Gasteiger partial charge on any atom is -0.454 e. The fourth-order valence-electron chi connectivity index (χ4n) is 2.94. The van der Waals surface area contributed by atoms with Crippen LogP contribution in [0.5, 0.6) is 11.5 Å². The molecule has 1 aliphatic heterocycles. The Balaban J connectivity index is 1.65. The van der Waals surface area contributed by atoms with E-state index in [0.29, 0.717) is 27.8 Å². The molecule has 0 spiro atoms. The number of hydrogen-bond donors (Lipinski definition) is 2. The molecule has 162 valence electrons. The van der Waals surface area contributed by atoms with Crippen LogP contribution in [0.25, 0.3) is 6.08 Å². The number of fused-ring (bicyclic) bond motifs is 1. The first-order chi connectivity index (χ1) is 15.4. The monoisotopic (exact) mass is 488 g/mol. The summed E-state index contributed by atoms with van der Waals surface area (Å²) in [5.41, 5.74) is 1.24. The second-order valence-electron chi connectivity index (χ2n) is 6.69. The van der Waals surface area contributed by atoms with E-state index in [0.717, 1.165) is 0 Å². The summed E-state index contributed by atoms with van der Waals surface area (Å²) in [5, 5.41) is 6.23. The van der Waals surface area contributed by atoms with E-state index < -0.39 is 11.8 Å². The number of amides is 2. The highest BCUT2D eigenvalue weighted by atomic mass is 35.5. The van der Waals surface area contributed by atoms with Crippen LogP contribution in [-0.4, -0.2) is 18.6 Å². The quantitative estimate of drug-likeness (QED) is 0.445. The standard InChI is InChI=1S/C23H15Cl3N2O4/c24-16-4-2-1-3-15(16)22(29)28-19(9-13-5-8-20-21(10-13)32-12-31-20)23(30)27-14-6-7-17(25)18(26)11-14/h1-11H,12H2,(H,27,30)(H,28,29). The largest absolute Gasteiger partial charge is 0.454 e. The molecule has 2 amide bonds. The van der Waals surface area contributed by atoms with E-state index in [1.807, 2.05) is 0 Å². The first kappa shape index (κ1) is 22.0. The number of anilines is 1. The fourth-order valence-corrected chi connectivity index (χ4v) is 3.45. The van der Waals surface area contributed by atoms with Gasteiger partial charge in [0.05, 0.1) is 20.6 Å². The molecule has 1 aliphatic rings. The highest BCUT2D eigenvalue weighted by Gasteiger charge is 2.18. The van der Waals surface area contributed by atoms with Crippen LogP contribution < -0.4 is 20.1 Å². The first-order valence-electron chi connectivity index (χ1n) is 9.34. The van der Waals surface area contributed by atoms with Gasteiger partial charge in [-0.05, 0) is 54.1 Å². The third kappa shape index (κ3) is 4.99. The second-order valence-corrected chi connectivity index (χ2v) is 7.91. The van der Waals surface area contributed by atoms with Crippen molar-refractivity contribution in [1.29, 1.82) is 0 Å². The van der Waals surface area contributed by atoms with Crippen LogP contribution in [0.3, 0.4) is 0 Å². The average Bonchev–Trinajstić information content (AvgIpc) is 3.24. The van der Waals surface area contributed by atoms with E-state index in [4.69, 9.17) is 44.3 Å². The van der Waals surface area contributed by atoms with E-state index in [-0.39, 0.29) is 28.1 Å². The maximum Gasteiger partial charge on any atom is 0.272 e. The fraction of sp³-hybridized carbons (Fsp3) is 0.0435. The molecule has 6 nitrogen and oxygen atoms in total. The molecule has 0 saturated heterocycles. The van der Waals surface area contributed by atoms with Crippen LogP contribution in [0.4, 0.5) is 5.69 Å². The van der Waals surface area contributed by atoms with E-state index in [2.05, 4.69) is 10.6 Å². The highest BCUT2D eigenvalue weighted by molar-refractivity contribution is 6.42. The van der Waals surface area contributed by atoms with Gasteiger partial charge in [0.25, 0.3) is 11.8 Å². The Labute approximate surface area is 198 Å². The van der Waals surface area contributed by atoms with Crippen LogP contribution in [0.2, 0.25) is 15.1 Å². The number of hydrogen-bond acceptors (Lipinski definition) is 4. The Morgan fingerprint density at radius 1 is 0.844 bits per heavy atom. The SMILES string of the molecule is O=C(Nc1ccc(Cl)c(Cl)c1)C(=Cc1ccc2c(c1)OCO2)NC(=O)c1ccccc1Cl. The summed E-state index contributed by atoms with van der Waals surface area (Å²) in [6.07, 6.45) is 1.52. The number of halogens is 3. The maximum atomic E-state index is 13.0. The van der Waals surface area contributed by atoms with Crippen LogP contribution >= 0.6 is 34.8 Å².